The van der Waals surface area contributed by atoms with Crippen molar-refractivity contribution in [2.45, 2.75) is 58.3 Å². The van der Waals surface area contributed by atoms with E-state index in [2.05, 4.69) is 22.5 Å². The van der Waals surface area contributed by atoms with Gasteiger partial charge in [-0.15, -0.1) is 0 Å². The second-order valence-corrected chi connectivity index (χ2v) is 5.53. The Labute approximate surface area is 122 Å². The number of hydrogen-bond acceptors (Lipinski definition) is 2. The first-order chi connectivity index (χ1) is 9.74. The summed E-state index contributed by atoms with van der Waals surface area (Å²) in [7, 11) is 0. The number of guanidine groups is 1. The number of nitrogens with zero attached hydrogens (tertiary/aromatic N) is 1. The van der Waals surface area contributed by atoms with Crippen molar-refractivity contribution in [3.8, 4) is 0 Å². The van der Waals surface area contributed by atoms with Crippen molar-refractivity contribution in [1.29, 1.82) is 0 Å². The van der Waals surface area contributed by atoms with Crippen molar-refractivity contribution in [1.82, 2.24) is 10.6 Å². The third kappa shape index (κ3) is 7.36. The zero-order valence-electron chi connectivity index (χ0n) is 12.8. The molecule has 1 fully saturated rings. The molecule has 0 spiro atoms. The summed E-state index contributed by atoms with van der Waals surface area (Å²) in [6.07, 6.45) is 9.05. The van der Waals surface area contributed by atoms with Crippen molar-refractivity contribution < 1.29 is 4.79 Å². The topological polar surface area (TPSA) is 79.5 Å². The monoisotopic (exact) mass is 282 g/mol. The summed E-state index contributed by atoms with van der Waals surface area (Å²) >= 11 is 0. The lowest BCUT2D eigenvalue weighted by Crippen LogP contribution is -2.35. The van der Waals surface area contributed by atoms with Crippen molar-refractivity contribution in [3.05, 3.63) is 0 Å². The third-order valence-electron chi connectivity index (χ3n) is 3.73. The molecule has 5 heteroatoms. The van der Waals surface area contributed by atoms with Gasteiger partial charge in [0.15, 0.2) is 5.96 Å². The molecule has 5 nitrogen and oxygen atoms in total. The van der Waals surface area contributed by atoms with E-state index in [1.165, 1.54) is 25.7 Å². The van der Waals surface area contributed by atoms with E-state index in [-0.39, 0.29) is 11.8 Å². The van der Waals surface area contributed by atoms with Crippen LogP contribution in [0, 0.1) is 5.92 Å². The normalized spacial score (nSPS) is 15.8. The number of rotatable bonds is 10. The quantitative estimate of drug-likeness (QED) is 0.324. The molecule has 0 unspecified atom stereocenters. The number of hydrogen-bond donors (Lipinski definition) is 3. The van der Waals surface area contributed by atoms with Crippen molar-refractivity contribution in [2.24, 2.45) is 16.6 Å². The van der Waals surface area contributed by atoms with Crippen molar-refractivity contribution in [2.75, 3.05) is 19.6 Å². The van der Waals surface area contributed by atoms with Gasteiger partial charge in [-0.3, -0.25) is 9.79 Å². The molecule has 0 aromatic heterocycles. The predicted octanol–water partition coefficient (Wildman–Crippen LogP) is 1.78. The van der Waals surface area contributed by atoms with Gasteiger partial charge in [0.2, 0.25) is 5.91 Å². The van der Waals surface area contributed by atoms with E-state index < -0.39 is 0 Å². The first-order valence-electron chi connectivity index (χ1n) is 8.05. The molecule has 1 amide bonds. The smallest absolute Gasteiger partial charge is 0.223 e. The largest absolute Gasteiger partial charge is 0.370 e. The summed E-state index contributed by atoms with van der Waals surface area (Å²) < 4.78 is 0. The lowest BCUT2D eigenvalue weighted by atomic mass is 9.85. The zero-order valence-corrected chi connectivity index (χ0v) is 12.8. The molecule has 0 saturated heterocycles. The highest BCUT2D eigenvalue weighted by Gasteiger charge is 2.24. The van der Waals surface area contributed by atoms with Gasteiger partial charge < -0.3 is 16.4 Å². The maximum atomic E-state index is 11.6. The lowest BCUT2D eigenvalue weighted by Gasteiger charge is -2.23. The minimum atomic E-state index is 0.210. The highest BCUT2D eigenvalue weighted by atomic mass is 16.1. The van der Waals surface area contributed by atoms with Crippen LogP contribution in [0.4, 0.5) is 0 Å². The summed E-state index contributed by atoms with van der Waals surface area (Å²) in [5.41, 5.74) is 5.76. The van der Waals surface area contributed by atoms with Crippen LogP contribution in [0.5, 0.6) is 0 Å². The van der Waals surface area contributed by atoms with Gasteiger partial charge in [0.05, 0.1) is 0 Å². The lowest BCUT2D eigenvalue weighted by molar-refractivity contribution is -0.127. The Kier molecular flexibility index (Phi) is 8.83. The maximum absolute atomic E-state index is 11.6. The number of amides is 1. The van der Waals surface area contributed by atoms with Crippen molar-refractivity contribution >= 4 is 11.9 Å². The number of nitrogens with one attached hydrogen (secondary N) is 2. The Morgan fingerprint density at radius 2 is 1.90 bits per heavy atom. The second-order valence-electron chi connectivity index (χ2n) is 5.53. The highest BCUT2D eigenvalue weighted by molar-refractivity contribution is 5.79. The van der Waals surface area contributed by atoms with Crippen LogP contribution in [0.25, 0.3) is 0 Å². The van der Waals surface area contributed by atoms with Gasteiger partial charge in [0.25, 0.3) is 0 Å². The Bertz CT molecular complexity index is 300. The SMILES string of the molecule is CCCCCCNC(N)=NCCCNC(=O)C1CCC1. The number of carbonyl (C=O) groups is 1. The van der Waals surface area contributed by atoms with Crippen LogP contribution >= 0.6 is 0 Å². The first-order valence-corrected chi connectivity index (χ1v) is 8.05. The van der Waals surface area contributed by atoms with Crippen LogP contribution in [0.2, 0.25) is 0 Å². The fourth-order valence-corrected chi connectivity index (χ4v) is 2.13. The zero-order chi connectivity index (χ0) is 14.6. The maximum Gasteiger partial charge on any atom is 0.223 e. The molecule has 0 aromatic rings. The standard InChI is InChI=1S/C15H30N4O/c1-2-3-4-5-10-18-15(16)19-12-7-11-17-14(20)13-8-6-9-13/h13H,2-12H2,1H3,(H,17,20)(H3,16,18,19). The molecule has 1 aliphatic rings. The van der Waals surface area contributed by atoms with Crippen molar-refractivity contribution in [3.63, 3.8) is 0 Å². The van der Waals surface area contributed by atoms with E-state index in [1.807, 2.05) is 0 Å². The van der Waals surface area contributed by atoms with Gasteiger partial charge in [0, 0.05) is 25.6 Å². The number of nitrogens with two attached hydrogens (primary N) is 1. The molecule has 116 valence electrons. The fourth-order valence-electron chi connectivity index (χ4n) is 2.13. The molecule has 1 rings (SSSR count). The van der Waals surface area contributed by atoms with E-state index in [0.717, 1.165) is 32.2 Å². The Morgan fingerprint density at radius 1 is 1.15 bits per heavy atom. The van der Waals surface area contributed by atoms with Crippen LogP contribution in [0.15, 0.2) is 4.99 Å². The van der Waals surface area contributed by atoms with Gasteiger partial charge in [-0.2, -0.15) is 0 Å². The third-order valence-corrected chi connectivity index (χ3v) is 3.73. The number of aliphatic imine (C=N–C) groups is 1. The summed E-state index contributed by atoms with van der Waals surface area (Å²) in [5, 5.41) is 6.07. The average molecular weight is 282 g/mol. The van der Waals surface area contributed by atoms with E-state index in [1.54, 1.807) is 0 Å². The number of unbranched alkanes of at least 4 members (excludes halogenated alkanes) is 3. The molecule has 1 aliphatic carbocycles. The molecule has 20 heavy (non-hydrogen) atoms. The Morgan fingerprint density at radius 3 is 2.55 bits per heavy atom. The molecule has 0 radical (unpaired) electrons. The highest BCUT2D eigenvalue weighted by Crippen LogP contribution is 2.25. The molecule has 0 heterocycles. The molecule has 1 saturated carbocycles. The molecule has 0 aliphatic heterocycles. The molecular weight excluding hydrogens is 252 g/mol. The summed E-state index contributed by atoms with van der Waals surface area (Å²) in [6, 6.07) is 0. The van der Waals surface area contributed by atoms with E-state index >= 15 is 0 Å². The van der Waals surface area contributed by atoms with Crippen LogP contribution < -0.4 is 16.4 Å². The molecule has 0 atom stereocenters. The second kappa shape index (κ2) is 10.5. The van der Waals surface area contributed by atoms with Gasteiger partial charge in [-0.25, -0.2) is 0 Å². The average Bonchev–Trinajstić information content (AvgIpc) is 2.36. The van der Waals surface area contributed by atoms with Gasteiger partial charge in [-0.05, 0) is 25.7 Å². The van der Waals surface area contributed by atoms with Crippen LogP contribution in [0.3, 0.4) is 0 Å². The number of carbonyl (C=O) groups excluding carboxylic acids is 1. The molecule has 4 N–H and O–H groups in total. The Balaban J connectivity index is 1.92. The summed E-state index contributed by atoms with van der Waals surface area (Å²) in [6.45, 7) is 4.46. The Hall–Kier alpha value is -1.26. The fraction of sp³-hybridized carbons (Fsp3) is 0.867. The van der Waals surface area contributed by atoms with Gasteiger partial charge in [-0.1, -0.05) is 32.6 Å². The van der Waals surface area contributed by atoms with Crippen LogP contribution in [-0.2, 0) is 4.79 Å². The van der Waals surface area contributed by atoms with E-state index in [4.69, 9.17) is 5.73 Å². The summed E-state index contributed by atoms with van der Waals surface area (Å²) in [4.78, 5) is 15.8. The van der Waals surface area contributed by atoms with E-state index in [0.29, 0.717) is 19.0 Å². The molecule has 0 aromatic carbocycles. The van der Waals surface area contributed by atoms with Gasteiger partial charge in [0.1, 0.15) is 0 Å². The van der Waals surface area contributed by atoms with Crippen LogP contribution in [0.1, 0.15) is 58.3 Å². The van der Waals surface area contributed by atoms with E-state index in [9.17, 15) is 4.79 Å². The molecular formula is C15H30N4O. The van der Waals surface area contributed by atoms with Gasteiger partial charge >= 0.3 is 0 Å². The minimum Gasteiger partial charge on any atom is -0.370 e. The minimum absolute atomic E-state index is 0.210. The molecule has 0 bridgehead atoms. The van der Waals surface area contributed by atoms with Crippen LogP contribution in [-0.4, -0.2) is 31.5 Å². The first kappa shape index (κ1) is 16.8. The predicted molar refractivity (Wildman–Crippen MR) is 83.6 cm³/mol. The summed E-state index contributed by atoms with van der Waals surface area (Å²) in [5.74, 6) is 1.00.